The quantitative estimate of drug-likeness (QED) is 0.835. The Balaban J connectivity index is 2.03. The second kappa shape index (κ2) is 6.14. The average Bonchev–Trinajstić information content (AvgIpc) is 2.81. The molecule has 0 aliphatic heterocycles. The molecule has 2 rings (SSSR count). The Bertz CT molecular complexity index is 382. The van der Waals surface area contributed by atoms with E-state index in [2.05, 4.69) is 43.4 Å². The molecule has 1 aromatic rings. The van der Waals surface area contributed by atoms with Gasteiger partial charge in [-0.25, -0.2) is 0 Å². The Kier molecular flexibility index (Phi) is 4.54. The number of benzene rings is 1. The summed E-state index contributed by atoms with van der Waals surface area (Å²) in [4.78, 5) is 12.5. The molecule has 2 heteroatoms. The predicted molar refractivity (Wildman–Crippen MR) is 74.7 cm³/mol. The molecule has 0 saturated carbocycles. The second-order valence-electron chi connectivity index (χ2n) is 5.18. The molecule has 1 aromatic carbocycles. The van der Waals surface area contributed by atoms with E-state index in [0.717, 1.165) is 32.2 Å². The Morgan fingerprint density at radius 1 is 1.28 bits per heavy atom. The van der Waals surface area contributed by atoms with E-state index >= 15 is 0 Å². The first kappa shape index (κ1) is 13.3. The van der Waals surface area contributed by atoms with Crippen LogP contribution in [-0.2, 0) is 17.6 Å². The van der Waals surface area contributed by atoms with E-state index in [1.54, 1.807) is 0 Å². The summed E-state index contributed by atoms with van der Waals surface area (Å²) in [6.07, 6.45) is 3.88. The van der Waals surface area contributed by atoms with E-state index in [4.69, 9.17) is 0 Å². The second-order valence-corrected chi connectivity index (χ2v) is 5.18. The van der Waals surface area contributed by atoms with Crippen molar-refractivity contribution in [2.45, 2.75) is 45.6 Å². The molecule has 2 nitrogen and oxygen atoms in total. The number of nitrogens with one attached hydrogen (secondary N) is 1. The van der Waals surface area contributed by atoms with Crippen molar-refractivity contribution < 1.29 is 4.79 Å². The fourth-order valence-corrected chi connectivity index (χ4v) is 2.92. The number of carbonyl (C=O) groups is 1. The molecule has 98 valence electrons. The van der Waals surface area contributed by atoms with Crippen LogP contribution in [-0.4, -0.2) is 18.4 Å². The van der Waals surface area contributed by atoms with Gasteiger partial charge in [0.15, 0.2) is 5.78 Å². The summed E-state index contributed by atoms with van der Waals surface area (Å²) in [5.41, 5.74) is 2.73. The Hall–Kier alpha value is -1.15. The molecule has 18 heavy (non-hydrogen) atoms. The molecule has 1 unspecified atom stereocenters. The molecule has 1 aliphatic rings. The molecule has 0 amide bonds. The van der Waals surface area contributed by atoms with Gasteiger partial charge < -0.3 is 5.32 Å². The van der Waals surface area contributed by atoms with Gasteiger partial charge in [-0.15, -0.1) is 0 Å². The van der Waals surface area contributed by atoms with Gasteiger partial charge in [0.2, 0.25) is 0 Å². The fraction of sp³-hybridized carbons (Fsp3) is 0.562. The number of carbonyl (C=O) groups excluding carboxylic acids is 1. The zero-order chi connectivity index (χ0) is 13.0. The van der Waals surface area contributed by atoms with Gasteiger partial charge in [0.25, 0.3) is 0 Å². The van der Waals surface area contributed by atoms with Crippen molar-refractivity contribution in [2.24, 2.45) is 5.92 Å². The summed E-state index contributed by atoms with van der Waals surface area (Å²) in [7, 11) is 0. The maximum absolute atomic E-state index is 12.5. The van der Waals surface area contributed by atoms with Crippen molar-refractivity contribution in [3.63, 3.8) is 0 Å². The normalized spacial score (nSPS) is 16.6. The molecule has 0 aromatic heterocycles. The molecule has 1 atom stereocenters. The summed E-state index contributed by atoms with van der Waals surface area (Å²) in [6, 6.07) is 8.51. The van der Waals surface area contributed by atoms with Crippen LogP contribution in [0.25, 0.3) is 0 Å². The minimum Gasteiger partial charge on any atom is -0.308 e. The van der Waals surface area contributed by atoms with Crippen LogP contribution in [0.1, 0.15) is 37.8 Å². The molecule has 1 N–H and O–H groups in total. The van der Waals surface area contributed by atoms with Crippen LogP contribution < -0.4 is 5.32 Å². The lowest BCUT2D eigenvalue weighted by molar-refractivity contribution is -0.124. The molecule has 0 fully saturated rings. The third kappa shape index (κ3) is 2.81. The lowest BCUT2D eigenvalue weighted by Gasteiger charge is -2.19. The van der Waals surface area contributed by atoms with E-state index < -0.39 is 0 Å². The van der Waals surface area contributed by atoms with Crippen LogP contribution in [0.2, 0.25) is 0 Å². The molecular formula is C16H23NO. The van der Waals surface area contributed by atoms with Crippen LogP contribution in [0.5, 0.6) is 0 Å². The third-order valence-electron chi connectivity index (χ3n) is 3.82. The smallest absolute Gasteiger partial charge is 0.153 e. The van der Waals surface area contributed by atoms with Gasteiger partial charge in [-0.3, -0.25) is 4.79 Å². The van der Waals surface area contributed by atoms with Crippen molar-refractivity contribution in [2.75, 3.05) is 6.54 Å². The highest BCUT2D eigenvalue weighted by Gasteiger charge is 2.30. The topological polar surface area (TPSA) is 29.1 Å². The van der Waals surface area contributed by atoms with Crippen molar-refractivity contribution in [3.8, 4) is 0 Å². The van der Waals surface area contributed by atoms with Crippen LogP contribution in [0.4, 0.5) is 0 Å². The highest BCUT2D eigenvalue weighted by Crippen LogP contribution is 2.28. The standard InChI is InChI=1S/C16H23NO/c1-3-7-15(17-4-2)16(18)14-10-12-8-5-6-9-13(12)11-14/h5-6,8-9,14-15,17H,3-4,7,10-11H2,1-2H3. The summed E-state index contributed by atoms with van der Waals surface area (Å²) in [5, 5.41) is 3.34. The number of Topliss-reactive ketones (excluding diaryl/α,β-unsaturated/α-hetero) is 1. The maximum atomic E-state index is 12.5. The Morgan fingerprint density at radius 3 is 2.39 bits per heavy atom. The van der Waals surface area contributed by atoms with Gasteiger partial charge >= 0.3 is 0 Å². The molecule has 0 saturated heterocycles. The van der Waals surface area contributed by atoms with Crippen molar-refractivity contribution in [1.29, 1.82) is 0 Å². The first-order valence-electron chi connectivity index (χ1n) is 7.10. The number of hydrogen-bond donors (Lipinski definition) is 1. The van der Waals surface area contributed by atoms with Crippen LogP contribution >= 0.6 is 0 Å². The molecule has 0 radical (unpaired) electrons. The van der Waals surface area contributed by atoms with Gasteiger partial charge in [-0.1, -0.05) is 44.5 Å². The predicted octanol–water partition coefficient (Wildman–Crippen LogP) is 2.75. The minimum absolute atomic E-state index is 0.0549. The summed E-state index contributed by atoms with van der Waals surface area (Å²) in [6.45, 7) is 5.08. The first-order valence-corrected chi connectivity index (χ1v) is 7.10. The van der Waals surface area contributed by atoms with Crippen LogP contribution in [0.3, 0.4) is 0 Å². The number of likely N-dealkylation sites (N-methyl/N-ethyl adjacent to an activating group) is 1. The van der Waals surface area contributed by atoms with E-state index in [1.165, 1.54) is 11.1 Å². The van der Waals surface area contributed by atoms with E-state index in [0.29, 0.717) is 5.78 Å². The largest absolute Gasteiger partial charge is 0.308 e. The fourth-order valence-electron chi connectivity index (χ4n) is 2.92. The molecule has 0 bridgehead atoms. The van der Waals surface area contributed by atoms with E-state index in [-0.39, 0.29) is 12.0 Å². The van der Waals surface area contributed by atoms with Crippen molar-refractivity contribution in [3.05, 3.63) is 35.4 Å². The lowest BCUT2D eigenvalue weighted by Crippen LogP contribution is -2.40. The van der Waals surface area contributed by atoms with E-state index in [1.807, 2.05) is 0 Å². The monoisotopic (exact) mass is 245 g/mol. The maximum Gasteiger partial charge on any atom is 0.153 e. The van der Waals surface area contributed by atoms with Gasteiger partial charge in [-0.2, -0.15) is 0 Å². The van der Waals surface area contributed by atoms with Gasteiger partial charge in [-0.05, 0) is 36.9 Å². The number of fused-ring (bicyclic) bond motifs is 1. The summed E-state index contributed by atoms with van der Waals surface area (Å²) in [5.74, 6) is 0.605. The third-order valence-corrected chi connectivity index (χ3v) is 3.82. The zero-order valence-electron chi connectivity index (χ0n) is 11.4. The molecule has 1 aliphatic carbocycles. The number of hydrogen-bond acceptors (Lipinski definition) is 2. The molecular weight excluding hydrogens is 222 g/mol. The Labute approximate surface area is 110 Å². The zero-order valence-corrected chi connectivity index (χ0v) is 11.4. The van der Waals surface area contributed by atoms with Gasteiger partial charge in [0.1, 0.15) is 0 Å². The van der Waals surface area contributed by atoms with Crippen molar-refractivity contribution >= 4 is 5.78 Å². The van der Waals surface area contributed by atoms with E-state index in [9.17, 15) is 4.79 Å². The summed E-state index contributed by atoms with van der Waals surface area (Å²) >= 11 is 0. The average molecular weight is 245 g/mol. The van der Waals surface area contributed by atoms with Crippen LogP contribution in [0, 0.1) is 5.92 Å². The highest BCUT2D eigenvalue weighted by molar-refractivity contribution is 5.87. The Morgan fingerprint density at radius 2 is 1.89 bits per heavy atom. The molecule has 0 heterocycles. The summed E-state index contributed by atoms with van der Waals surface area (Å²) < 4.78 is 0. The SMILES string of the molecule is CCCC(NCC)C(=O)C1Cc2ccccc2C1. The number of rotatable bonds is 6. The highest BCUT2D eigenvalue weighted by atomic mass is 16.1. The first-order chi connectivity index (χ1) is 8.76. The minimum atomic E-state index is 0.0549. The number of ketones is 1. The lowest BCUT2D eigenvalue weighted by atomic mass is 9.93. The van der Waals surface area contributed by atoms with Gasteiger partial charge in [0, 0.05) is 5.92 Å². The van der Waals surface area contributed by atoms with Gasteiger partial charge in [0.05, 0.1) is 6.04 Å². The van der Waals surface area contributed by atoms with Crippen LogP contribution in [0.15, 0.2) is 24.3 Å². The molecule has 0 spiro atoms. The van der Waals surface area contributed by atoms with Crippen molar-refractivity contribution in [1.82, 2.24) is 5.32 Å².